The molecule has 2 fully saturated rings. The molecule has 2 heterocycles. The molecule has 9 N–H and O–H groups in total. The summed E-state index contributed by atoms with van der Waals surface area (Å²) in [7, 11) is 0. The van der Waals surface area contributed by atoms with Crippen molar-refractivity contribution in [1.82, 2.24) is 5.32 Å². The van der Waals surface area contributed by atoms with E-state index in [-0.39, 0.29) is 18.9 Å². The lowest BCUT2D eigenvalue weighted by molar-refractivity contribution is -0.359. The lowest BCUT2D eigenvalue weighted by Crippen LogP contribution is -2.65. The Balaban J connectivity index is 1.64. The van der Waals surface area contributed by atoms with Crippen molar-refractivity contribution in [3.05, 3.63) is 48.6 Å². The minimum absolute atomic E-state index is 0.243. The van der Waals surface area contributed by atoms with Crippen LogP contribution in [0, 0.1) is 0 Å². The van der Waals surface area contributed by atoms with Gasteiger partial charge in [-0.2, -0.15) is 0 Å². The van der Waals surface area contributed by atoms with Gasteiger partial charge >= 0.3 is 0 Å². The number of hydrogen-bond donors (Lipinski definition) is 9. The molecule has 0 saturated carbocycles. The average Bonchev–Trinajstić information content (AvgIpc) is 1.41. The molecule has 528 valence electrons. The smallest absolute Gasteiger partial charge is 0.220 e. The number of aliphatic hydroxyl groups is 8. The van der Waals surface area contributed by atoms with E-state index in [0.717, 1.165) is 38.5 Å². The Morgan fingerprint density at radius 2 is 0.744 bits per heavy atom. The van der Waals surface area contributed by atoms with E-state index in [1.54, 1.807) is 6.08 Å². The van der Waals surface area contributed by atoms with E-state index >= 15 is 0 Å². The van der Waals surface area contributed by atoms with Crippen molar-refractivity contribution in [3.63, 3.8) is 0 Å². The quantitative estimate of drug-likeness (QED) is 0.0204. The monoisotopic (exact) mass is 1280 g/mol. The van der Waals surface area contributed by atoms with Gasteiger partial charge in [0, 0.05) is 6.42 Å². The van der Waals surface area contributed by atoms with Gasteiger partial charge in [-0.25, -0.2) is 0 Å². The molecule has 1 amide bonds. The third-order valence-corrected chi connectivity index (χ3v) is 18.5. The van der Waals surface area contributed by atoms with E-state index in [0.29, 0.717) is 12.8 Å². The first kappa shape index (κ1) is 84.0. The van der Waals surface area contributed by atoms with Crippen LogP contribution in [0.3, 0.4) is 0 Å². The summed E-state index contributed by atoms with van der Waals surface area (Å²) in [6, 6.07) is -0.932. The van der Waals surface area contributed by atoms with Gasteiger partial charge in [0.05, 0.1) is 32.0 Å². The molecule has 0 aromatic carbocycles. The Morgan fingerprint density at radius 3 is 1.16 bits per heavy atom. The maximum Gasteiger partial charge on any atom is 0.220 e. The van der Waals surface area contributed by atoms with Crippen molar-refractivity contribution in [2.45, 2.75) is 408 Å². The predicted molar refractivity (Wildman–Crippen MR) is 369 cm³/mol. The second-order valence-electron chi connectivity index (χ2n) is 26.8. The molecule has 0 spiro atoms. The molecule has 12 atom stereocenters. The average molecular weight is 1280 g/mol. The van der Waals surface area contributed by atoms with Crippen molar-refractivity contribution < 1.29 is 64.6 Å². The first-order chi connectivity index (χ1) is 44.1. The first-order valence-corrected chi connectivity index (χ1v) is 37.9. The minimum Gasteiger partial charge on any atom is -0.394 e. The van der Waals surface area contributed by atoms with E-state index in [1.165, 1.54) is 263 Å². The summed E-state index contributed by atoms with van der Waals surface area (Å²) in [5.74, 6) is -0.243. The van der Waals surface area contributed by atoms with Gasteiger partial charge in [0.15, 0.2) is 12.6 Å². The lowest BCUT2D eigenvalue weighted by atomic mass is 9.97. The van der Waals surface area contributed by atoms with E-state index in [1.807, 2.05) is 6.08 Å². The van der Waals surface area contributed by atoms with Crippen LogP contribution in [-0.2, 0) is 23.7 Å². The van der Waals surface area contributed by atoms with Gasteiger partial charge < -0.3 is 65.1 Å². The predicted octanol–water partition coefficient (Wildman–Crippen LogP) is 16.2. The Kier molecular flexibility index (Phi) is 56.6. The summed E-state index contributed by atoms with van der Waals surface area (Å²) >= 11 is 0. The molecule has 0 aliphatic carbocycles. The lowest BCUT2D eigenvalue weighted by Gasteiger charge is -2.46. The zero-order valence-corrected chi connectivity index (χ0v) is 57.6. The highest BCUT2D eigenvalue weighted by Gasteiger charge is 2.51. The molecule has 12 unspecified atom stereocenters. The van der Waals surface area contributed by atoms with Crippen LogP contribution in [0.1, 0.15) is 335 Å². The highest BCUT2D eigenvalue weighted by Crippen LogP contribution is 2.30. The summed E-state index contributed by atoms with van der Waals surface area (Å²) < 4.78 is 22.9. The minimum atomic E-state index is -1.79. The van der Waals surface area contributed by atoms with Crippen molar-refractivity contribution >= 4 is 5.91 Å². The fourth-order valence-electron chi connectivity index (χ4n) is 12.5. The summed E-state index contributed by atoms with van der Waals surface area (Å²) in [5.41, 5.74) is 0. The fourth-order valence-corrected chi connectivity index (χ4v) is 12.5. The Labute approximate surface area is 550 Å². The second-order valence-corrected chi connectivity index (χ2v) is 26.8. The SMILES string of the molecule is CCCCCCC/C=C\C/C=C\CCCCCCCCCCCCCCCCCCCCCCCC(=O)NC(COC1OC(CO)C(OC2OC(CO)C(O)C(O)C2O)C(O)C1O)C(O)/C=C/CC/C=C/CCCCCCCCCCCCCCCCCCC. The maximum absolute atomic E-state index is 13.4. The topological polar surface area (TPSA) is 228 Å². The van der Waals surface area contributed by atoms with Gasteiger partial charge in [0.25, 0.3) is 0 Å². The number of nitrogens with one attached hydrogen (secondary N) is 1. The number of unbranched alkanes of at least 4 members (excludes halogenated alkanes) is 44. The molecule has 90 heavy (non-hydrogen) atoms. The van der Waals surface area contributed by atoms with Gasteiger partial charge in [-0.05, 0) is 64.2 Å². The molecular weight excluding hydrogens is 1130 g/mol. The van der Waals surface area contributed by atoms with E-state index in [4.69, 9.17) is 18.9 Å². The number of ether oxygens (including phenoxy) is 4. The summed E-state index contributed by atoms with van der Waals surface area (Å²) in [4.78, 5) is 13.4. The molecule has 2 rings (SSSR count). The van der Waals surface area contributed by atoms with E-state index in [2.05, 4.69) is 55.6 Å². The van der Waals surface area contributed by atoms with Crippen LogP contribution in [0.2, 0.25) is 0 Å². The van der Waals surface area contributed by atoms with Gasteiger partial charge in [-0.3, -0.25) is 4.79 Å². The third-order valence-electron chi connectivity index (χ3n) is 18.5. The van der Waals surface area contributed by atoms with Crippen LogP contribution in [0.5, 0.6) is 0 Å². The van der Waals surface area contributed by atoms with Gasteiger partial charge in [-0.1, -0.05) is 313 Å². The molecule has 14 heteroatoms. The molecule has 2 saturated heterocycles. The maximum atomic E-state index is 13.4. The summed E-state index contributed by atoms with van der Waals surface area (Å²) in [5, 5.41) is 87.5. The molecule has 0 bridgehead atoms. The number of amides is 1. The third kappa shape index (κ3) is 43.8. The van der Waals surface area contributed by atoms with Crippen LogP contribution in [0.15, 0.2) is 48.6 Å². The fraction of sp³-hybridized carbons (Fsp3) is 0.882. The van der Waals surface area contributed by atoms with Crippen LogP contribution in [0.25, 0.3) is 0 Å². The van der Waals surface area contributed by atoms with Crippen LogP contribution < -0.4 is 5.32 Å². The van der Waals surface area contributed by atoms with Gasteiger partial charge in [-0.15, -0.1) is 0 Å². The number of carbonyl (C=O) groups excluding carboxylic acids is 1. The van der Waals surface area contributed by atoms with Crippen molar-refractivity contribution in [3.8, 4) is 0 Å². The highest BCUT2D eigenvalue weighted by molar-refractivity contribution is 5.76. The molecular formula is C76H141NO13. The standard InChI is InChI=1S/C76H141NO13/c1-3-5-7-9-11-13-15-17-19-21-23-25-27-28-29-30-31-32-33-34-35-36-38-40-42-44-46-48-50-52-54-56-58-60-68(81)77-64(63-87-75-73(86)71(84)74(67(62-79)89-75)90-76-72(85)70(83)69(82)66(61-78)88-76)65(80)59-57-55-53-51-49-47-45-43-41-39-37-26-24-22-20-18-16-14-12-10-8-6-4-2/h15,17,21,23,49,51,57,59,64-67,69-76,78-80,82-86H,3-14,16,18-20,22,24-48,50,52-56,58,60-63H2,1-2H3,(H,77,81)/b17-15-,23-21-,51-49+,59-57+. The van der Waals surface area contributed by atoms with Gasteiger partial charge in [0.1, 0.15) is 48.8 Å². The van der Waals surface area contributed by atoms with Crippen molar-refractivity contribution in [2.75, 3.05) is 19.8 Å². The van der Waals surface area contributed by atoms with Crippen molar-refractivity contribution in [1.29, 1.82) is 0 Å². The number of hydrogen-bond acceptors (Lipinski definition) is 13. The molecule has 14 nitrogen and oxygen atoms in total. The largest absolute Gasteiger partial charge is 0.394 e. The molecule has 0 aromatic heterocycles. The first-order valence-electron chi connectivity index (χ1n) is 37.9. The molecule has 2 aliphatic heterocycles. The zero-order valence-electron chi connectivity index (χ0n) is 57.6. The second kappa shape index (κ2) is 60.6. The Hall–Kier alpha value is -2.05. The van der Waals surface area contributed by atoms with E-state index in [9.17, 15) is 45.6 Å². The highest BCUT2D eigenvalue weighted by atomic mass is 16.7. The molecule has 0 aromatic rings. The van der Waals surface area contributed by atoms with Crippen LogP contribution >= 0.6 is 0 Å². The van der Waals surface area contributed by atoms with Gasteiger partial charge in [0.2, 0.25) is 5.91 Å². The van der Waals surface area contributed by atoms with Crippen LogP contribution in [-0.4, -0.2) is 140 Å². The summed E-state index contributed by atoms with van der Waals surface area (Å²) in [6.45, 7) is 2.82. The molecule has 0 radical (unpaired) electrons. The number of allylic oxidation sites excluding steroid dienone is 7. The Bertz CT molecular complexity index is 1690. The van der Waals surface area contributed by atoms with E-state index < -0.39 is 86.8 Å². The van der Waals surface area contributed by atoms with Crippen molar-refractivity contribution in [2.24, 2.45) is 0 Å². The zero-order chi connectivity index (χ0) is 65.2. The number of rotatable bonds is 63. The normalized spacial score (nSPS) is 23.1. The number of carbonyl (C=O) groups is 1. The summed E-state index contributed by atoms with van der Waals surface area (Å²) in [6.07, 6.45) is 63.3. The molecule has 2 aliphatic rings. The van der Waals surface area contributed by atoms with Crippen LogP contribution in [0.4, 0.5) is 0 Å². The Morgan fingerprint density at radius 1 is 0.400 bits per heavy atom. The number of aliphatic hydroxyl groups excluding tert-OH is 8.